The lowest BCUT2D eigenvalue weighted by atomic mass is 9.90. The van der Waals surface area contributed by atoms with Crippen molar-refractivity contribution in [2.24, 2.45) is 0 Å². The Morgan fingerprint density at radius 3 is 1.63 bits per heavy atom. The first-order valence-electron chi connectivity index (χ1n) is 12.8. The quantitative estimate of drug-likeness (QED) is 0.177. The van der Waals surface area contributed by atoms with Gasteiger partial charge in [-0.3, -0.25) is 4.79 Å². The molecule has 3 nitrogen and oxygen atoms in total. The molecule has 0 aromatic carbocycles. The molecule has 0 fully saturated rings. The highest BCUT2D eigenvalue weighted by Crippen LogP contribution is 2.31. The van der Waals surface area contributed by atoms with Crippen LogP contribution in [0.3, 0.4) is 0 Å². The minimum Gasteiger partial charge on any atom is -0.366 e. The van der Waals surface area contributed by atoms with Crippen LogP contribution in [0.25, 0.3) is 0 Å². The molecule has 0 atom stereocenters. The van der Waals surface area contributed by atoms with Gasteiger partial charge in [0.15, 0.2) is 0 Å². The summed E-state index contributed by atoms with van der Waals surface area (Å²) in [4.78, 5) is 18.0. The molecule has 1 heterocycles. The first-order chi connectivity index (χ1) is 14.3. The molecule has 3 heteroatoms. The Kier molecular flexibility index (Phi) is 13.4. The fourth-order valence-electron chi connectivity index (χ4n) is 4.38. The number of carbonyl (C=O) groups excluding carboxylic acids is 1. The van der Waals surface area contributed by atoms with Crippen LogP contribution in [0.2, 0.25) is 0 Å². The number of hydrogen-bond acceptors (Lipinski definition) is 3. The molecule has 174 valence electrons. The van der Waals surface area contributed by atoms with Crippen molar-refractivity contribution in [1.82, 2.24) is 5.06 Å². The molecule has 0 spiro atoms. The molecule has 30 heavy (non-hydrogen) atoms. The van der Waals surface area contributed by atoms with E-state index in [-0.39, 0.29) is 11.5 Å². The van der Waals surface area contributed by atoms with Gasteiger partial charge in [-0.05, 0) is 34.1 Å². The molecule has 0 N–H and O–H groups in total. The summed E-state index contributed by atoms with van der Waals surface area (Å²) in [6.45, 7) is 10.5. The first kappa shape index (κ1) is 27.0. The summed E-state index contributed by atoms with van der Waals surface area (Å²) in [5, 5.41) is 1.81. The molecular formula is C27H49NO2. The van der Waals surface area contributed by atoms with Crippen LogP contribution < -0.4 is 0 Å². The summed E-state index contributed by atoms with van der Waals surface area (Å²) in [7, 11) is 0. The Morgan fingerprint density at radius 1 is 0.767 bits per heavy atom. The second-order valence-electron chi connectivity index (χ2n) is 10.3. The van der Waals surface area contributed by atoms with Crippen LogP contribution >= 0.6 is 0 Å². The molecular weight excluding hydrogens is 370 g/mol. The van der Waals surface area contributed by atoms with E-state index in [2.05, 4.69) is 32.6 Å². The SMILES string of the molecule is CCCCCCCCCCCCCCCCCC(=O)ON1C(C)(C)C#CCC1(C)C. The molecule has 0 saturated carbocycles. The normalized spacial score (nSPS) is 17.4. The molecule has 1 aliphatic heterocycles. The number of hydroxylamine groups is 2. The second kappa shape index (κ2) is 14.9. The van der Waals surface area contributed by atoms with Crippen molar-refractivity contribution in [2.75, 3.05) is 0 Å². The van der Waals surface area contributed by atoms with Gasteiger partial charge in [-0.2, -0.15) is 0 Å². The van der Waals surface area contributed by atoms with Crippen molar-refractivity contribution < 1.29 is 9.63 Å². The predicted octanol–water partition coefficient (Wildman–Crippen LogP) is 7.97. The Balaban J connectivity index is 1.96. The van der Waals surface area contributed by atoms with Gasteiger partial charge in [0.2, 0.25) is 0 Å². The van der Waals surface area contributed by atoms with Crippen molar-refractivity contribution in [3.63, 3.8) is 0 Å². The highest BCUT2D eigenvalue weighted by molar-refractivity contribution is 5.69. The fraction of sp³-hybridized carbons (Fsp3) is 0.889. The van der Waals surface area contributed by atoms with Crippen LogP contribution in [0.15, 0.2) is 0 Å². The van der Waals surface area contributed by atoms with Gasteiger partial charge in [0.05, 0.1) is 5.54 Å². The second-order valence-corrected chi connectivity index (χ2v) is 10.3. The Morgan fingerprint density at radius 2 is 1.20 bits per heavy atom. The molecule has 1 aliphatic rings. The van der Waals surface area contributed by atoms with E-state index < -0.39 is 5.54 Å². The van der Waals surface area contributed by atoms with Crippen molar-refractivity contribution >= 4 is 5.97 Å². The van der Waals surface area contributed by atoms with Crippen LogP contribution in [0, 0.1) is 11.8 Å². The maximum absolute atomic E-state index is 12.3. The van der Waals surface area contributed by atoms with Crippen LogP contribution in [-0.4, -0.2) is 22.1 Å². The summed E-state index contributed by atoms with van der Waals surface area (Å²) in [6.07, 6.45) is 21.2. The number of rotatable bonds is 17. The summed E-state index contributed by atoms with van der Waals surface area (Å²) < 4.78 is 0. The lowest BCUT2D eigenvalue weighted by molar-refractivity contribution is -0.243. The molecule has 0 bridgehead atoms. The van der Waals surface area contributed by atoms with Gasteiger partial charge in [0.1, 0.15) is 5.54 Å². The predicted molar refractivity (Wildman–Crippen MR) is 128 cm³/mol. The molecule has 0 unspecified atom stereocenters. The van der Waals surface area contributed by atoms with E-state index in [1.165, 1.54) is 83.5 Å². The summed E-state index contributed by atoms with van der Waals surface area (Å²) >= 11 is 0. The average molecular weight is 420 g/mol. The summed E-state index contributed by atoms with van der Waals surface area (Å²) in [5.74, 6) is 6.26. The van der Waals surface area contributed by atoms with E-state index in [1.54, 1.807) is 0 Å². The van der Waals surface area contributed by atoms with Crippen LogP contribution in [0.5, 0.6) is 0 Å². The monoisotopic (exact) mass is 419 g/mol. The maximum atomic E-state index is 12.3. The van der Waals surface area contributed by atoms with Crippen molar-refractivity contribution in [1.29, 1.82) is 0 Å². The molecule has 0 radical (unpaired) electrons. The lowest BCUT2D eigenvalue weighted by Gasteiger charge is -2.45. The van der Waals surface area contributed by atoms with Gasteiger partial charge in [0, 0.05) is 12.8 Å². The Hall–Kier alpha value is -1.01. The van der Waals surface area contributed by atoms with Gasteiger partial charge in [-0.1, -0.05) is 109 Å². The number of hydrogen-bond donors (Lipinski definition) is 0. The Bertz CT molecular complexity index is 527. The summed E-state index contributed by atoms with van der Waals surface area (Å²) in [6, 6.07) is 0. The average Bonchev–Trinajstić information content (AvgIpc) is 2.67. The largest absolute Gasteiger partial charge is 0.366 e. The third-order valence-electron chi connectivity index (χ3n) is 6.15. The van der Waals surface area contributed by atoms with E-state index >= 15 is 0 Å². The molecule has 1 rings (SSSR count). The Labute approximate surface area is 187 Å². The first-order valence-corrected chi connectivity index (χ1v) is 12.8. The number of carbonyl (C=O) groups is 1. The highest BCUT2D eigenvalue weighted by atomic mass is 16.7. The van der Waals surface area contributed by atoms with E-state index in [1.807, 2.05) is 18.9 Å². The minimum atomic E-state index is -0.424. The van der Waals surface area contributed by atoms with Gasteiger partial charge < -0.3 is 4.84 Å². The number of nitrogens with zero attached hydrogens (tertiary/aromatic N) is 1. The topological polar surface area (TPSA) is 29.5 Å². The molecule has 0 amide bonds. The van der Waals surface area contributed by atoms with Gasteiger partial charge >= 0.3 is 5.97 Å². The van der Waals surface area contributed by atoms with Gasteiger partial charge in [-0.15, -0.1) is 5.06 Å². The van der Waals surface area contributed by atoms with E-state index in [4.69, 9.17) is 4.84 Å². The smallest absolute Gasteiger partial charge is 0.325 e. The zero-order chi connectivity index (χ0) is 22.3. The van der Waals surface area contributed by atoms with Crippen LogP contribution in [-0.2, 0) is 9.63 Å². The fourth-order valence-corrected chi connectivity index (χ4v) is 4.38. The van der Waals surface area contributed by atoms with E-state index in [9.17, 15) is 4.79 Å². The van der Waals surface area contributed by atoms with Crippen molar-refractivity contribution in [3.8, 4) is 11.8 Å². The molecule has 0 aromatic rings. The maximum Gasteiger partial charge on any atom is 0.325 e. The van der Waals surface area contributed by atoms with Crippen LogP contribution in [0.1, 0.15) is 144 Å². The summed E-state index contributed by atoms with van der Waals surface area (Å²) in [5.41, 5.74) is -0.661. The van der Waals surface area contributed by atoms with Gasteiger partial charge in [0.25, 0.3) is 0 Å². The van der Waals surface area contributed by atoms with Gasteiger partial charge in [-0.25, -0.2) is 0 Å². The highest BCUT2D eigenvalue weighted by Gasteiger charge is 2.42. The van der Waals surface area contributed by atoms with E-state index in [0.29, 0.717) is 6.42 Å². The number of unbranched alkanes of at least 4 members (excludes halogenated alkanes) is 14. The molecule has 0 saturated heterocycles. The third-order valence-corrected chi connectivity index (χ3v) is 6.15. The molecule has 0 aromatic heterocycles. The van der Waals surface area contributed by atoms with Crippen molar-refractivity contribution in [3.05, 3.63) is 0 Å². The standard InChI is InChI=1S/C27H49NO2/c1-6-7-8-9-10-11-12-13-14-15-16-17-18-19-20-22-25(29)30-28-26(2,3)23-21-24-27(28,4)5/h6-20,22-23H2,1-5H3. The van der Waals surface area contributed by atoms with Crippen LogP contribution in [0.4, 0.5) is 0 Å². The van der Waals surface area contributed by atoms with E-state index in [0.717, 1.165) is 19.3 Å². The van der Waals surface area contributed by atoms with Crippen molar-refractivity contribution in [2.45, 2.75) is 155 Å². The molecule has 0 aliphatic carbocycles. The zero-order valence-corrected chi connectivity index (χ0v) is 20.8. The lowest BCUT2D eigenvalue weighted by Crippen LogP contribution is -2.57. The minimum absolute atomic E-state index is 0.116. The third kappa shape index (κ3) is 11.4. The zero-order valence-electron chi connectivity index (χ0n) is 20.8.